The highest BCUT2D eigenvalue weighted by Crippen LogP contribution is 2.34. The second-order valence-corrected chi connectivity index (χ2v) is 4.36. The standard InChI is InChI=1S/C10H19N5/c1-14(9(5-11)8-3-4-8)6-10-12-7-13-15(10)2/h7-9H,3-6,11H2,1-2H3. The number of likely N-dealkylation sites (N-methyl/N-ethyl adjacent to an activating group) is 1. The van der Waals surface area contributed by atoms with Crippen LogP contribution in [0.3, 0.4) is 0 Å². The highest BCUT2D eigenvalue weighted by atomic mass is 15.3. The molecule has 1 unspecified atom stereocenters. The Balaban J connectivity index is 1.95. The number of nitrogens with two attached hydrogens (primary N) is 1. The maximum atomic E-state index is 5.80. The van der Waals surface area contributed by atoms with Crippen molar-refractivity contribution in [3.63, 3.8) is 0 Å². The summed E-state index contributed by atoms with van der Waals surface area (Å²) < 4.78 is 1.82. The number of nitrogens with zero attached hydrogens (tertiary/aromatic N) is 4. The number of hydrogen-bond acceptors (Lipinski definition) is 4. The first-order valence-electron chi connectivity index (χ1n) is 5.45. The second kappa shape index (κ2) is 4.28. The summed E-state index contributed by atoms with van der Waals surface area (Å²) in [5.41, 5.74) is 5.80. The van der Waals surface area contributed by atoms with E-state index in [1.807, 2.05) is 11.7 Å². The van der Waals surface area contributed by atoms with E-state index in [9.17, 15) is 0 Å². The molecule has 0 amide bonds. The van der Waals surface area contributed by atoms with Crippen LogP contribution in [0.1, 0.15) is 18.7 Å². The van der Waals surface area contributed by atoms with E-state index in [1.165, 1.54) is 12.8 Å². The van der Waals surface area contributed by atoms with Crippen molar-refractivity contribution in [2.45, 2.75) is 25.4 Å². The van der Waals surface area contributed by atoms with Gasteiger partial charge in [0.1, 0.15) is 12.2 Å². The predicted molar refractivity (Wildman–Crippen MR) is 58.0 cm³/mol. The molecule has 0 spiro atoms. The smallest absolute Gasteiger partial charge is 0.140 e. The Morgan fingerprint density at radius 2 is 2.40 bits per heavy atom. The lowest BCUT2D eigenvalue weighted by Gasteiger charge is -2.26. The van der Waals surface area contributed by atoms with E-state index < -0.39 is 0 Å². The quantitative estimate of drug-likeness (QED) is 0.740. The molecule has 84 valence electrons. The molecule has 0 saturated heterocycles. The van der Waals surface area contributed by atoms with Gasteiger partial charge < -0.3 is 5.73 Å². The zero-order valence-corrected chi connectivity index (χ0v) is 9.43. The normalized spacial score (nSPS) is 18.4. The maximum absolute atomic E-state index is 5.80. The lowest BCUT2D eigenvalue weighted by molar-refractivity contribution is 0.208. The molecule has 2 rings (SSSR count). The molecule has 0 bridgehead atoms. The van der Waals surface area contributed by atoms with Gasteiger partial charge in [-0.2, -0.15) is 5.10 Å². The van der Waals surface area contributed by atoms with E-state index in [0.29, 0.717) is 6.04 Å². The highest BCUT2D eigenvalue weighted by Gasteiger charge is 2.33. The number of aryl methyl sites for hydroxylation is 1. The summed E-state index contributed by atoms with van der Waals surface area (Å²) in [4.78, 5) is 6.51. The molecule has 1 aliphatic rings. The fraction of sp³-hybridized carbons (Fsp3) is 0.800. The molecule has 1 saturated carbocycles. The Labute approximate surface area is 90.3 Å². The van der Waals surface area contributed by atoms with Crippen molar-refractivity contribution in [2.24, 2.45) is 18.7 Å². The monoisotopic (exact) mass is 209 g/mol. The molecule has 1 atom stereocenters. The van der Waals surface area contributed by atoms with Gasteiger partial charge in [0, 0.05) is 19.6 Å². The van der Waals surface area contributed by atoms with Crippen LogP contribution in [0.15, 0.2) is 6.33 Å². The average molecular weight is 209 g/mol. The molecule has 1 heterocycles. The van der Waals surface area contributed by atoms with Crippen LogP contribution >= 0.6 is 0 Å². The number of rotatable bonds is 5. The van der Waals surface area contributed by atoms with Crippen LogP contribution in [0.25, 0.3) is 0 Å². The molecule has 0 aliphatic heterocycles. The third-order valence-electron chi connectivity index (χ3n) is 3.17. The van der Waals surface area contributed by atoms with Gasteiger partial charge in [0.05, 0.1) is 6.54 Å². The Hall–Kier alpha value is -0.940. The molecule has 5 nitrogen and oxygen atoms in total. The molecule has 1 aromatic heterocycles. The van der Waals surface area contributed by atoms with Crippen molar-refractivity contribution in [3.05, 3.63) is 12.2 Å². The van der Waals surface area contributed by atoms with Gasteiger partial charge in [0.15, 0.2) is 0 Å². The number of hydrogen-bond donors (Lipinski definition) is 1. The van der Waals surface area contributed by atoms with Crippen LogP contribution in [0.4, 0.5) is 0 Å². The van der Waals surface area contributed by atoms with Crippen molar-refractivity contribution in [1.82, 2.24) is 19.7 Å². The molecule has 1 fully saturated rings. The topological polar surface area (TPSA) is 60.0 Å². The fourth-order valence-electron chi connectivity index (χ4n) is 2.02. The summed E-state index contributed by atoms with van der Waals surface area (Å²) in [5, 5.41) is 4.06. The molecule has 5 heteroatoms. The minimum Gasteiger partial charge on any atom is -0.329 e. The largest absolute Gasteiger partial charge is 0.329 e. The van der Waals surface area contributed by atoms with Gasteiger partial charge in [-0.15, -0.1) is 0 Å². The lowest BCUT2D eigenvalue weighted by Crippen LogP contribution is -2.39. The highest BCUT2D eigenvalue weighted by molar-refractivity contribution is 4.91. The van der Waals surface area contributed by atoms with E-state index in [0.717, 1.165) is 24.8 Å². The first-order chi connectivity index (χ1) is 7.22. The molecule has 0 radical (unpaired) electrons. The lowest BCUT2D eigenvalue weighted by atomic mass is 10.1. The molecule has 15 heavy (non-hydrogen) atoms. The van der Waals surface area contributed by atoms with Gasteiger partial charge >= 0.3 is 0 Å². The van der Waals surface area contributed by atoms with E-state index in [2.05, 4.69) is 22.0 Å². The van der Waals surface area contributed by atoms with Crippen molar-refractivity contribution in [3.8, 4) is 0 Å². The van der Waals surface area contributed by atoms with Crippen LogP contribution in [-0.2, 0) is 13.6 Å². The third-order valence-corrected chi connectivity index (χ3v) is 3.17. The SMILES string of the molecule is CN(Cc1ncnn1C)C(CN)C1CC1. The van der Waals surface area contributed by atoms with Crippen LogP contribution in [0.5, 0.6) is 0 Å². The molecular formula is C10H19N5. The molecule has 1 aliphatic carbocycles. The second-order valence-electron chi connectivity index (χ2n) is 4.36. The van der Waals surface area contributed by atoms with Crippen LogP contribution in [-0.4, -0.2) is 39.3 Å². The van der Waals surface area contributed by atoms with Gasteiger partial charge in [-0.3, -0.25) is 9.58 Å². The van der Waals surface area contributed by atoms with Crippen molar-refractivity contribution in [1.29, 1.82) is 0 Å². The van der Waals surface area contributed by atoms with E-state index >= 15 is 0 Å². The summed E-state index contributed by atoms with van der Waals surface area (Å²) in [6, 6.07) is 0.502. The minimum atomic E-state index is 0.502. The number of aromatic nitrogens is 3. The molecule has 1 aromatic rings. The summed E-state index contributed by atoms with van der Waals surface area (Å²) in [7, 11) is 4.04. The minimum absolute atomic E-state index is 0.502. The van der Waals surface area contributed by atoms with E-state index in [-0.39, 0.29) is 0 Å². The Morgan fingerprint density at radius 3 is 2.87 bits per heavy atom. The summed E-state index contributed by atoms with van der Waals surface area (Å²) in [5.74, 6) is 1.80. The van der Waals surface area contributed by atoms with Crippen molar-refractivity contribution in [2.75, 3.05) is 13.6 Å². The fourth-order valence-corrected chi connectivity index (χ4v) is 2.02. The predicted octanol–water partition coefficient (Wildman–Crippen LogP) is -0.0158. The van der Waals surface area contributed by atoms with Crippen LogP contribution in [0, 0.1) is 5.92 Å². The first kappa shape index (κ1) is 10.6. The zero-order chi connectivity index (χ0) is 10.8. The molecule has 0 aromatic carbocycles. The first-order valence-corrected chi connectivity index (χ1v) is 5.45. The summed E-state index contributed by atoms with van der Waals surface area (Å²) >= 11 is 0. The maximum Gasteiger partial charge on any atom is 0.140 e. The zero-order valence-electron chi connectivity index (χ0n) is 9.43. The van der Waals surface area contributed by atoms with Gasteiger partial charge in [-0.05, 0) is 25.8 Å². The van der Waals surface area contributed by atoms with Gasteiger partial charge in [-0.1, -0.05) is 0 Å². The molecular weight excluding hydrogens is 190 g/mol. The van der Waals surface area contributed by atoms with E-state index in [1.54, 1.807) is 6.33 Å². The van der Waals surface area contributed by atoms with Gasteiger partial charge in [0.2, 0.25) is 0 Å². The Morgan fingerprint density at radius 1 is 1.67 bits per heavy atom. The average Bonchev–Trinajstić information content (AvgIpc) is 2.95. The summed E-state index contributed by atoms with van der Waals surface area (Å²) in [6.07, 6.45) is 4.24. The Bertz CT molecular complexity index is 317. The van der Waals surface area contributed by atoms with Gasteiger partial charge in [-0.25, -0.2) is 4.98 Å². The van der Waals surface area contributed by atoms with E-state index in [4.69, 9.17) is 5.73 Å². The molecule has 2 N–H and O–H groups in total. The van der Waals surface area contributed by atoms with Crippen molar-refractivity contribution >= 4 is 0 Å². The van der Waals surface area contributed by atoms with Gasteiger partial charge in [0.25, 0.3) is 0 Å². The van der Waals surface area contributed by atoms with Crippen LogP contribution < -0.4 is 5.73 Å². The van der Waals surface area contributed by atoms with Crippen molar-refractivity contribution < 1.29 is 0 Å². The Kier molecular flexibility index (Phi) is 3.02. The van der Waals surface area contributed by atoms with Crippen LogP contribution in [0.2, 0.25) is 0 Å². The third kappa shape index (κ3) is 2.35. The summed E-state index contributed by atoms with van der Waals surface area (Å²) in [6.45, 7) is 1.56.